The van der Waals surface area contributed by atoms with Crippen LogP contribution in [0, 0.1) is 0 Å². The lowest BCUT2D eigenvalue weighted by Gasteiger charge is -2.10. The third-order valence-electron chi connectivity index (χ3n) is 4.41. The molecule has 2 aromatic heterocycles. The molecule has 0 fully saturated rings. The number of ether oxygens (including phenoxy) is 1. The Hall–Kier alpha value is -3.27. The molecule has 3 aromatic rings. The number of anilines is 2. The first-order valence-electron chi connectivity index (χ1n) is 9.01. The van der Waals surface area contributed by atoms with Crippen LogP contribution in [0.3, 0.4) is 0 Å². The minimum absolute atomic E-state index is 0.0220. The highest BCUT2D eigenvalue weighted by molar-refractivity contribution is 6.30. The molecule has 11 heteroatoms. The largest absolute Gasteiger partial charge is 0.493 e. The van der Waals surface area contributed by atoms with Crippen LogP contribution >= 0.6 is 11.6 Å². The molecule has 0 aliphatic carbocycles. The van der Waals surface area contributed by atoms with Crippen molar-refractivity contribution in [1.29, 1.82) is 0 Å². The zero-order valence-corrected chi connectivity index (χ0v) is 16.4. The van der Waals surface area contributed by atoms with Gasteiger partial charge in [-0.25, -0.2) is 9.78 Å². The van der Waals surface area contributed by atoms with Crippen molar-refractivity contribution in [3.05, 3.63) is 62.4 Å². The van der Waals surface area contributed by atoms with Crippen LogP contribution in [0.5, 0.6) is 5.75 Å². The molecule has 0 unspecified atom stereocenters. The maximum absolute atomic E-state index is 12.6. The first-order valence-corrected chi connectivity index (χ1v) is 9.39. The third-order valence-corrected chi connectivity index (χ3v) is 4.65. The van der Waals surface area contributed by atoms with Gasteiger partial charge in [-0.2, -0.15) is 4.68 Å². The number of aromatic nitrogens is 4. The Labute approximate surface area is 170 Å². The van der Waals surface area contributed by atoms with E-state index in [9.17, 15) is 9.59 Å². The fourth-order valence-electron chi connectivity index (χ4n) is 3.00. The maximum atomic E-state index is 12.6. The molecule has 0 atom stereocenters. The van der Waals surface area contributed by atoms with Gasteiger partial charge in [0.1, 0.15) is 24.3 Å². The summed E-state index contributed by atoms with van der Waals surface area (Å²) in [5, 5.41) is 7.78. The molecular weight excluding hydrogens is 400 g/mol. The first kappa shape index (κ1) is 19.1. The van der Waals surface area contributed by atoms with Crippen molar-refractivity contribution in [3.8, 4) is 5.75 Å². The second-order valence-electron chi connectivity index (χ2n) is 6.55. The molecule has 1 N–H and O–H groups in total. The van der Waals surface area contributed by atoms with Gasteiger partial charge in [-0.05, 0) is 18.2 Å². The van der Waals surface area contributed by atoms with E-state index in [2.05, 4.69) is 15.4 Å². The Kier molecular flexibility index (Phi) is 5.26. The average Bonchev–Trinajstić information content (AvgIpc) is 3.24. The monoisotopic (exact) mass is 418 g/mol. The maximum Gasteiger partial charge on any atom is 0.437 e. The SMILES string of the molecule is CN1CNc2ncn(Cc3nn(CCCOc4cccc(Cl)c4)c(=O)o3)c(=O)c21. The number of rotatable bonds is 7. The van der Waals surface area contributed by atoms with Crippen LogP contribution in [0.25, 0.3) is 0 Å². The van der Waals surface area contributed by atoms with E-state index in [1.807, 2.05) is 6.07 Å². The predicted octanol–water partition coefficient (Wildman–Crippen LogP) is 1.38. The van der Waals surface area contributed by atoms with Crippen LogP contribution in [-0.4, -0.2) is 39.7 Å². The summed E-state index contributed by atoms with van der Waals surface area (Å²) in [6.45, 7) is 1.26. The Morgan fingerprint density at radius 3 is 3.03 bits per heavy atom. The highest BCUT2D eigenvalue weighted by Crippen LogP contribution is 2.22. The summed E-state index contributed by atoms with van der Waals surface area (Å²) >= 11 is 5.91. The molecule has 0 amide bonds. The van der Waals surface area contributed by atoms with Crippen molar-refractivity contribution in [2.45, 2.75) is 19.5 Å². The number of halogens is 1. The molecular formula is C18H19ClN6O4. The standard InChI is InChI=1S/C18H19ClN6O4/c1-23-10-20-16-15(23)17(26)24(11-21-16)9-14-22-25(18(27)29-14)6-3-7-28-13-5-2-4-12(19)8-13/h2,4-5,8,11,20H,3,6-7,9-10H2,1H3. The van der Waals surface area contributed by atoms with Crippen LogP contribution in [0.15, 0.2) is 44.6 Å². The van der Waals surface area contributed by atoms with Crippen molar-refractivity contribution in [2.24, 2.45) is 0 Å². The summed E-state index contributed by atoms with van der Waals surface area (Å²) in [6, 6.07) is 7.09. The molecule has 3 heterocycles. The van der Waals surface area contributed by atoms with E-state index in [0.29, 0.717) is 48.5 Å². The number of aryl methyl sites for hydroxylation is 1. The smallest absolute Gasteiger partial charge is 0.437 e. The zero-order valence-electron chi connectivity index (χ0n) is 15.7. The molecule has 152 valence electrons. The van der Waals surface area contributed by atoms with Gasteiger partial charge in [0.2, 0.25) is 5.89 Å². The van der Waals surface area contributed by atoms with Crippen molar-refractivity contribution in [2.75, 3.05) is 30.5 Å². The van der Waals surface area contributed by atoms with Crippen LogP contribution in [0.4, 0.5) is 11.5 Å². The summed E-state index contributed by atoms with van der Waals surface area (Å²) < 4.78 is 13.3. The number of hydrogen-bond donors (Lipinski definition) is 1. The van der Waals surface area contributed by atoms with E-state index in [1.165, 1.54) is 15.6 Å². The molecule has 1 aliphatic rings. The Morgan fingerprint density at radius 1 is 1.34 bits per heavy atom. The van der Waals surface area contributed by atoms with E-state index in [4.69, 9.17) is 20.8 Å². The number of hydrogen-bond acceptors (Lipinski definition) is 8. The van der Waals surface area contributed by atoms with E-state index in [0.717, 1.165) is 0 Å². The summed E-state index contributed by atoms with van der Waals surface area (Å²) in [5.41, 5.74) is 0.252. The molecule has 10 nitrogen and oxygen atoms in total. The Bertz CT molecular complexity index is 1140. The summed E-state index contributed by atoms with van der Waals surface area (Å²) in [6.07, 6.45) is 1.96. The lowest BCUT2D eigenvalue weighted by Crippen LogP contribution is -2.27. The first-order chi connectivity index (χ1) is 14.0. The lowest BCUT2D eigenvalue weighted by molar-refractivity contribution is 0.296. The number of nitrogens with zero attached hydrogens (tertiary/aromatic N) is 5. The van der Waals surface area contributed by atoms with Gasteiger partial charge in [-0.1, -0.05) is 17.7 Å². The summed E-state index contributed by atoms with van der Waals surface area (Å²) in [7, 11) is 1.80. The van der Waals surface area contributed by atoms with Gasteiger partial charge < -0.3 is 19.4 Å². The molecule has 0 bridgehead atoms. The van der Waals surface area contributed by atoms with Gasteiger partial charge in [0, 0.05) is 18.5 Å². The zero-order chi connectivity index (χ0) is 20.4. The Morgan fingerprint density at radius 2 is 2.21 bits per heavy atom. The van der Waals surface area contributed by atoms with E-state index >= 15 is 0 Å². The summed E-state index contributed by atoms with van der Waals surface area (Å²) in [4.78, 5) is 30.6. The van der Waals surface area contributed by atoms with Crippen molar-refractivity contribution >= 4 is 23.1 Å². The predicted molar refractivity (Wildman–Crippen MR) is 107 cm³/mol. The summed E-state index contributed by atoms with van der Waals surface area (Å²) in [5.74, 6) is 0.765. The molecule has 0 saturated heterocycles. The average molecular weight is 419 g/mol. The molecule has 1 aliphatic heterocycles. The second-order valence-corrected chi connectivity index (χ2v) is 6.99. The van der Waals surface area contributed by atoms with Gasteiger partial charge in [0.15, 0.2) is 5.82 Å². The quantitative estimate of drug-likeness (QED) is 0.573. The molecule has 4 rings (SSSR count). The number of nitrogens with one attached hydrogen (secondary N) is 1. The van der Waals surface area contributed by atoms with Crippen molar-refractivity contribution in [1.82, 2.24) is 19.3 Å². The van der Waals surface area contributed by atoms with Crippen LogP contribution in [-0.2, 0) is 13.1 Å². The lowest BCUT2D eigenvalue weighted by atomic mass is 10.3. The normalized spacial score (nSPS) is 12.7. The van der Waals surface area contributed by atoms with Gasteiger partial charge in [0.05, 0.1) is 19.8 Å². The van der Waals surface area contributed by atoms with Gasteiger partial charge >= 0.3 is 5.76 Å². The number of fused-ring (bicyclic) bond motifs is 1. The van der Waals surface area contributed by atoms with Gasteiger partial charge in [0.25, 0.3) is 5.56 Å². The van der Waals surface area contributed by atoms with Crippen LogP contribution < -0.4 is 26.3 Å². The highest BCUT2D eigenvalue weighted by Gasteiger charge is 2.22. The third kappa shape index (κ3) is 4.11. The molecule has 0 spiro atoms. The van der Waals surface area contributed by atoms with Gasteiger partial charge in [-0.15, -0.1) is 5.10 Å². The van der Waals surface area contributed by atoms with Crippen LogP contribution in [0.2, 0.25) is 5.02 Å². The van der Waals surface area contributed by atoms with E-state index < -0.39 is 5.76 Å². The highest BCUT2D eigenvalue weighted by atomic mass is 35.5. The second kappa shape index (κ2) is 8.00. The van der Waals surface area contributed by atoms with Crippen molar-refractivity contribution in [3.63, 3.8) is 0 Å². The van der Waals surface area contributed by atoms with Crippen molar-refractivity contribution < 1.29 is 9.15 Å². The molecule has 0 radical (unpaired) electrons. The minimum Gasteiger partial charge on any atom is -0.493 e. The van der Waals surface area contributed by atoms with Gasteiger partial charge in [-0.3, -0.25) is 9.36 Å². The number of benzene rings is 1. The Balaban J connectivity index is 1.38. The minimum atomic E-state index is -0.580. The topological polar surface area (TPSA) is 107 Å². The molecule has 29 heavy (non-hydrogen) atoms. The van der Waals surface area contributed by atoms with E-state index in [-0.39, 0.29) is 18.0 Å². The van der Waals surface area contributed by atoms with E-state index in [1.54, 1.807) is 30.1 Å². The fourth-order valence-corrected chi connectivity index (χ4v) is 3.18. The van der Waals surface area contributed by atoms with Crippen LogP contribution in [0.1, 0.15) is 12.3 Å². The molecule has 0 saturated carbocycles. The molecule has 1 aromatic carbocycles. The fraction of sp³-hybridized carbons (Fsp3) is 0.333.